The Morgan fingerprint density at radius 2 is 1.59 bits per heavy atom. The topological polar surface area (TPSA) is 78.4 Å². The normalized spacial score (nSPS) is 19.2. The average molecular weight is 458 g/mol. The number of nitrogens with one attached hydrogen (secondary N) is 1. The van der Waals surface area contributed by atoms with Gasteiger partial charge in [-0.15, -0.1) is 0 Å². The summed E-state index contributed by atoms with van der Waals surface area (Å²) in [7, 11) is -3.07. The van der Waals surface area contributed by atoms with E-state index in [0.717, 1.165) is 63.4 Å². The maximum absolute atomic E-state index is 11.7. The van der Waals surface area contributed by atoms with Gasteiger partial charge < -0.3 is 10.2 Å². The van der Waals surface area contributed by atoms with Gasteiger partial charge in [0.2, 0.25) is 16.0 Å². The summed E-state index contributed by atoms with van der Waals surface area (Å²) in [4.78, 5) is 11.3. The lowest BCUT2D eigenvalue weighted by Crippen LogP contribution is -2.37. The molecule has 1 aromatic carbocycles. The van der Waals surface area contributed by atoms with Gasteiger partial charge in [-0.25, -0.2) is 22.7 Å². The first kappa shape index (κ1) is 23.0. The maximum atomic E-state index is 11.7. The van der Waals surface area contributed by atoms with Gasteiger partial charge in [-0.3, -0.25) is 0 Å². The standard InChI is InChI=1S/C24H35N5O2S/c1-3-19-16-26-24(27-17-19)28-12-8-20(9-13-28)18-25-23-6-4-21(5-7-23)22-10-14-29(15-11-22)32(2,30)31/h4-7,16-17,20,22,25H,3,8-15,18H2,1-2H3. The second-order valence-corrected chi connectivity index (χ2v) is 11.1. The first-order chi connectivity index (χ1) is 15.4. The van der Waals surface area contributed by atoms with Crippen molar-refractivity contribution in [3.63, 3.8) is 0 Å². The molecule has 7 nitrogen and oxygen atoms in total. The Hall–Kier alpha value is -2.19. The van der Waals surface area contributed by atoms with E-state index in [1.807, 2.05) is 12.4 Å². The van der Waals surface area contributed by atoms with Crippen molar-refractivity contribution >= 4 is 21.7 Å². The van der Waals surface area contributed by atoms with Crippen LogP contribution >= 0.6 is 0 Å². The smallest absolute Gasteiger partial charge is 0.225 e. The Balaban J connectivity index is 1.21. The molecule has 0 atom stereocenters. The third kappa shape index (κ3) is 5.78. The van der Waals surface area contributed by atoms with Gasteiger partial charge >= 0.3 is 0 Å². The molecule has 2 saturated heterocycles. The van der Waals surface area contributed by atoms with Gasteiger partial charge in [0.25, 0.3) is 0 Å². The molecule has 2 aromatic rings. The van der Waals surface area contributed by atoms with E-state index in [2.05, 4.69) is 51.4 Å². The van der Waals surface area contributed by atoms with Crippen LogP contribution in [-0.2, 0) is 16.4 Å². The fourth-order valence-electron chi connectivity index (χ4n) is 4.69. The first-order valence-corrected chi connectivity index (χ1v) is 13.6. The Bertz CT molecular complexity index is 962. The van der Waals surface area contributed by atoms with Crippen molar-refractivity contribution in [3.8, 4) is 0 Å². The van der Waals surface area contributed by atoms with Crippen LogP contribution in [0.4, 0.5) is 11.6 Å². The number of nitrogens with zero attached hydrogens (tertiary/aromatic N) is 4. The van der Waals surface area contributed by atoms with Crippen LogP contribution in [0.1, 0.15) is 49.7 Å². The molecule has 2 aliphatic rings. The van der Waals surface area contributed by atoms with Crippen molar-refractivity contribution in [1.82, 2.24) is 14.3 Å². The Kier molecular flexibility index (Phi) is 7.30. The van der Waals surface area contributed by atoms with Gasteiger partial charge in [-0.2, -0.15) is 0 Å². The molecule has 32 heavy (non-hydrogen) atoms. The second kappa shape index (κ2) is 10.2. The molecule has 0 unspecified atom stereocenters. The summed E-state index contributed by atoms with van der Waals surface area (Å²) in [5.41, 5.74) is 3.65. The van der Waals surface area contributed by atoms with E-state index < -0.39 is 10.0 Å². The number of hydrogen-bond donors (Lipinski definition) is 1. The van der Waals surface area contributed by atoms with Crippen molar-refractivity contribution < 1.29 is 8.42 Å². The number of rotatable bonds is 7. The van der Waals surface area contributed by atoms with E-state index in [1.165, 1.54) is 17.4 Å². The van der Waals surface area contributed by atoms with Gasteiger partial charge in [0.15, 0.2) is 0 Å². The quantitative estimate of drug-likeness (QED) is 0.686. The third-order valence-corrected chi connectivity index (χ3v) is 8.20. The predicted molar refractivity (Wildman–Crippen MR) is 130 cm³/mol. The van der Waals surface area contributed by atoms with Crippen molar-refractivity contribution in [3.05, 3.63) is 47.8 Å². The molecule has 0 spiro atoms. The lowest BCUT2D eigenvalue weighted by atomic mass is 9.90. The molecular weight excluding hydrogens is 422 g/mol. The van der Waals surface area contributed by atoms with Crippen molar-refractivity contribution in [1.29, 1.82) is 0 Å². The van der Waals surface area contributed by atoms with Crippen LogP contribution in [0, 0.1) is 5.92 Å². The molecule has 2 aliphatic heterocycles. The monoisotopic (exact) mass is 457 g/mol. The molecule has 1 aromatic heterocycles. The molecule has 0 bridgehead atoms. The number of aryl methyl sites for hydroxylation is 1. The highest BCUT2D eigenvalue weighted by Gasteiger charge is 2.26. The molecule has 0 amide bonds. The fourth-order valence-corrected chi connectivity index (χ4v) is 5.56. The van der Waals surface area contributed by atoms with Gasteiger partial charge in [0.05, 0.1) is 6.26 Å². The van der Waals surface area contributed by atoms with Crippen molar-refractivity contribution in [2.24, 2.45) is 5.92 Å². The number of hydrogen-bond acceptors (Lipinski definition) is 6. The minimum atomic E-state index is -3.07. The van der Waals surface area contributed by atoms with Crippen LogP contribution in [0.25, 0.3) is 0 Å². The van der Waals surface area contributed by atoms with Gasteiger partial charge in [0, 0.05) is 50.8 Å². The van der Waals surface area contributed by atoms with Crippen LogP contribution in [0.15, 0.2) is 36.7 Å². The Morgan fingerprint density at radius 1 is 0.969 bits per heavy atom. The highest BCUT2D eigenvalue weighted by molar-refractivity contribution is 7.88. The number of aromatic nitrogens is 2. The number of benzene rings is 1. The molecule has 1 N–H and O–H groups in total. The molecule has 4 rings (SSSR count). The van der Waals surface area contributed by atoms with E-state index in [4.69, 9.17) is 0 Å². The summed E-state index contributed by atoms with van der Waals surface area (Å²) in [6, 6.07) is 8.72. The molecular formula is C24H35N5O2S. The van der Waals surface area contributed by atoms with Gasteiger partial charge in [-0.1, -0.05) is 19.1 Å². The largest absolute Gasteiger partial charge is 0.385 e. The fraction of sp³-hybridized carbons (Fsp3) is 0.583. The number of sulfonamides is 1. The summed E-state index contributed by atoms with van der Waals surface area (Å²) in [5.74, 6) is 1.95. The Labute approximate surface area is 192 Å². The lowest BCUT2D eigenvalue weighted by Gasteiger charge is -2.32. The SMILES string of the molecule is CCc1cnc(N2CCC(CNc3ccc(C4CCN(S(C)(=O)=O)CC4)cc3)CC2)nc1. The molecule has 174 valence electrons. The minimum Gasteiger partial charge on any atom is -0.385 e. The molecule has 0 saturated carbocycles. The summed E-state index contributed by atoms with van der Waals surface area (Å²) in [6.45, 7) is 6.35. The van der Waals surface area contributed by atoms with Crippen LogP contribution < -0.4 is 10.2 Å². The number of piperidine rings is 2. The van der Waals surface area contributed by atoms with Crippen LogP contribution in [0.2, 0.25) is 0 Å². The minimum absolute atomic E-state index is 0.444. The van der Waals surface area contributed by atoms with E-state index in [-0.39, 0.29) is 0 Å². The second-order valence-electron chi connectivity index (χ2n) is 9.11. The zero-order valence-corrected chi connectivity index (χ0v) is 20.0. The molecule has 2 fully saturated rings. The molecule has 0 aliphatic carbocycles. The first-order valence-electron chi connectivity index (χ1n) is 11.8. The molecule has 3 heterocycles. The highest BCUT2D eigenvalue weighted by Crippen LogP contribution is 2.30. The van der Waals surface area contributed by atoms with Gasteiger partial charge in [-0.05, 0) is 67.2 Å². The molecule has 8 heteroatoms. The summed E-state index contributed by atoms with van der Waals surface area (Å²) >= 11 is 0. The molecule has 0 radical (unpaired) electrons. The summed E-state index contributed by atoms with van der Waals surface area (Å²) in [5, 5.41) is 3.60. The van der Waals surface area contributed by atoms with Crippen molar-refractivity contribution in [2.75, 3.05) is 49.2 Å². The lowest BCUT2D eigenvalue weighted by molar-refractivity contribution is 0.321. The van der Waals surface area contributed by atoms with Crippen LogP contribution in [0.3, 0.4) is 0 Å². The van der Waals surface area contributed by atoms with E-state index >= 15 is 0 Å². The van der Waals surface area contributed by atoms with Gasteiger partial charge in [0.1, 0.15) is 0 Å². The van der Waals surface area contributed by atoms with Crippen molar-refractivity contribution in [2.45, 2.75) is 44.9 Å². The van der Waals surface area contributed by atoms with E-state index in [1.54, 1.807) is 4.31 Å². The zero-order valence-electron chi connectivity index (χ0n) is 19.2. The summed E-state index contributed by atoms with van der Waals surface area (Å²) in [6.07, 6.45) is 10.2. The third-order valence-electron chi connectivity index (χ3n) is 6.90. The summed E-state index contributed by atoms with van der Waals surface area (Å²) < 4.78 is 25.0. The highest BCUT2D eigenvalue weighted by atomic mass is 32.2. The number of anilines is 2. The average Bonchev–Trinajstić information content (AvgIpc) is 2.83. The predicted octanol–water partition coefficient (Wildman–Crippen LogP) is 3.51. The zero-order chi connectivity index (χ0) is 22.6. The maximum Gasteiger partial charge on any atom is 0.225 e. The van der Waals surface area contributed by atoms with Crippen LogP contribution in [0.5, 0.6) is 0 Å². The van der Waals surface area contributed by atoms with Crippen LogP contribution in [-0.4, -0.2) is 61.7 Å². The Morgan fingerprint density at radius 3 is 2.16 bits per heavy atom. The van der Waals surface area contributed by atoms with E-state index in [9.17, 15) is 8.42 Å². The van der Waals surface area contributed by atoms with E-state index in [0.29, 0.717) is 24.9 Å².